The maximum atomic E-state index is 4.47. The van der Waals surface area contributed by atoms with Gasteiger partial charge in [-0.1, -0.05) is 13.8 Å². The molecule has 108 valence electrons. The van der Waals surface area contributed by atoms with Gasteiger partial charge in [0.05, 0.1) is 0 Å². The van der Waals surface area contributed by atoms with Crippen LogP contribution in [-0.4, -0.2) is 55.6 Å². The van der Waals surface area contributed by atoms with Crippen molar-refractivity contribution in [3.8, 4) is 0 Å². The first-order chi connectivity index (χ1) is 8.95. The van der Waals surface area contributed by atoms with Gasteiger partial charge in [0, 0.05) is 32.2 Å². The van der Waals surface area contributed by atoms with Crippen LogP contribution in [0.25, 0.3) is 0 Å². The van der Waals surface area contributed by atoms with Crippen LogP contribution in [0, 0.1) is 12.8 Å². The predicted octanol–water partition coefficient (Wildman–Crippen LogP) is 1.85. The van der Waals surface area contributed by atoms with E-state index in [1.165, 1.54) is 0 Å². The summed E-state index contributed by atoms with van der Waals surface area (Å²) in [4.78, 5) is 13.3. The minimum Gasteiger partial charge on any atom is -0.373 e. The molecule has 0 atom stereocenters. The summed E-state index contributed by atoms with van der Waals surface area (Å²) in [5.41, 5.74) is 1.12. The molecule has 0 saturated carbocycles. The Kier molecular flexibility index (Phi) is 6.02. The highest BCUT2D eigenvalue weighted by molar-refractivity contribution is 5.57. The first-order valence-corrected chi connectivity index (χ1v) is 6.84. The van der Waals surface area contributed by atoms with Gasteiger partial charge in [0.25, 0.3) is 0 Å². The van der Waals surface area contributed by atoms with E-state index in [0.717, 1.165) is 36.8 Å². The van der Waals surface area contributed by atoms with Gasteiger partial charge in [-0.25, -0.2) is 9.97 Å². The van der Waals surface area contributed by atoms with Crippen LogP contribution in [0.4, 0.5) is 11.6 Å². The second-order valence-corrected chi connectivity index (χ2v) is 5.56. The fourth-order valence-corrected chi connectivity index (χ4v) is 2.06. The second kappa shape index (κ2) is 7.28. The van der Waals surface area contributed by atoms with Gasteiger partial charge in [-0.3, -0.25) is 0 Å². The third-order valence-corrected chi connectivity index (χ3v) is 3.00. The molecule has 19 heavy (non-hydrogen) atoms. The average molecular weight is 265 g/mol. The molecule has 1 aromatic heterocycles. The van der Waals surface area contributed by atoms with Crippen molar-refractivity contribution in [2.75, 3.05) is 51.0 Å². The van der Waals surface area contributed by atoms with Crippen LogP contribution >= 0.6 is 0 Å². The van der Waals surface area contributed by atoms with E-state index in [4.69, 9.17) is 0 Å². The van der Waals surface area contributed by atoms with Gasteiger partial charge in [0.1, 0.15) is 18.0 Å². The third-order valence-electron chi connectivity index (χ3n) is 3.00. The Morgan fingerprint density at radius 1 is 1.21 bits per heavy atom. The molecule has 1 aromatic rings. The Balaban J connectivity index is 2.95. The van der Waals surface area contributed by atoms with Crippen LogP contribution in [0.2, 0.25) is 0 Å². The lowest BCUT2D eigenvalue weighted by atomic mass is 10.2. The van der Waals surface area contributed by atoms with Gasteiger partial charge in [-0.15, -0.1) is 0 Å². The molecule has 1 N–H and O–H groups in total. The summed E-state index contributed by atoms with van der Waals surface area (Å²) >= 11 is 0. The number of aromatic nitrogens is 2. The minimum atomic E-state index is 0.606. The highest BCUT2D eigenvalue weighted by Gasteiger charge is 2.15. The van der Waals surface area contributed by atoms with E-state index in [-0.39, 0.29) is 0 Å². The molecular weight excluding hydrogens is 238 g/mol. The zero-order valence-electron chi connectivity index (χ0n) is 13.1. The highest BCUT2D eigenvalue weighted by atomic mass is 15.2. The van der Waals surface area contributed by atoms with E-state index >= 15 is 0 Å². The molecule has 0 fully saturated rings. The molecule has 0 aliphatic heterocycles. The van der Waals surface area contributed by atoms with E-state index in [9.17, 15) is 0 Å². The lowest BCUT2D eigenvalue weighted by molar-refractivity contribution is 0.408. The van der Waals surface area contributed by atoms with Crippen LogP contribution in [0.15, 0.2) is 6.33 Å². The minimum absolute atomic E-state index is 0.606. The number of anilines is 2. The molecule has 0 bridgehead atoms. The fourth-order valence-electron chi connectivity index (χ4n) is 2.06. The zero-order valence-corrected chi connectivity index (χ0v) is 13.1. The number of rotatable bonds is 7. The van der Waals surface area contributed by atoms with Crippen LogP contribution in [0.1, 0.15) is 19.4 Å². The van der Waals surface area contributed by atoms with Crippen LogP contribution in [0.5, 0.6) is 0 Å². The molecule has 0 aliphatic carbocycles. The molecule has 5 nitrogen and oxygen atoms in total. The standard InChI is InChI=1S/C14H27N5/c1-11(2)9-19(8-7-18(5)6)14-12(3)13(15-4)16-10-17-14/h10-11H,7-9H2,1-6H3,(H,15,16,17). The van der Waals surface area contributed by atoms with Gasteiger partial charge in [-0.05, 0) is 26.9 Å². The Morgan fingerprint density at radius 2 is 1.89 bits per heavy atom. The molecule has 5 heteroatoms. The van der Waals surface area contributed by atoms with E-state index in [1.54, 1.807) is 6.33 Å². The van der Waals surface area contributed by atoms with Crippen LogP contribution in [-0.2, 0) is 0 Å². The molecule has 1 heterocycles. The number of likely N-dealkylation sites (N-methyl/N-ethyl adjacent to an activating group) is 1. The van der Waals surface area contributed by atoms with Gasteiger partial charge >= 0.3 is 0 Å². The maximum absolute atomic E-state index is 4.47. The SMILES string of the molecule is CNc1ncnc(N(CCN(C)C)CC(C)C)c1C. The third kappa shape index (κ3) is 4.67. The molecule has 0 radical (unpaired) electrons. The number of nitrogens with zero attached hydrogens (tertiary/aromatic N) is 4. The molecule has 0 saturated heterocycles. The summed E-state index contributed by atoms with van der Waals surface area (Å²) < 4.78 is 0. The van der Waals surface area contributed by atoms with Crippen molar-refractivity contribution in [3.05, 3.63) is 11.9 Å². The van der Waals surface area contributed by atoms with Crippen molar-refractivity contribution >= 4 is 11.6 Å². The molecule has 0 spiro atoms. The Morgan fingerprint density at radius 3 is 2.42 bits per heavy atom. The summed E-state index contributed by atoms with van der Waals surface area (Å²) in [6.45, 7) is 9.55. The predicted molar refractivity (Wildman–Crippen MR) is 81.9 cm³/mol. The van der Waals surface area contributed by atoms with Crippen molar-refractivity contribution in [3.63, 3.8) is 0 Å². The van der Waals surface area contributed by atoms with Gasteiger partial charge in [-0.2, -0.15) is 0 Å². The molecule has 0 amide bonds. The van der Waals surface area contributed by atoms with E-state index in [1.807, 2.05) is 7.05 Å². The lowest BCUT2D eigenvalue weighted by Gasteiger charge is -2.28. The smallest absolute Gasteiger partial charge is 0.137 e. The number of hydrogen-bond acceptors (Lipinski definition) is 5. The summed E-state index contributed by atoms with van der Waals surface area (Å²) in [5, 5.41) is 3.12. The molecule has 1 rings (SSSR count). The van der Waals surface area contributed by atoms with E-state index in [2.05, 4.69) is 60.0 Å². The monoisotopic (exact) mass is 265 g/mol. The first kappa shape index (κ1) is 15.7. The molecule has 0 aromatic carbocycles. The summed E-state index contributed by atoms with van der Waals surface area (Å²) in [7, 11) is 6.09. The summed E-state index contributed by atoms with van der Waals surface area (Å²) in [6, 6.07) is 0. The maximum Gasteiger partial charge on any atom is 0.137 e. The summed E-state index contributed by atoms with van der Waals surface area (Å²) in [6.07, 6.45) is 1.64. The van der Waals surface area contributed by atoms with Crippen molar-refractivity contribution < 1.29 is 0 Å². The van der Waals surface area contributed by atoms with Crippen LogP contribution in [0.3, 0.4) is 0 Å². The lowest BCUT2D eigenvalue weighted by Crippen LogP contribution is -2.35. The zero-order chi connectivity index (χ0) is 14.4. The normalized spacial score (nSPS) is 11.2. The van der Waals surface area contributed by atoms with Crippen LogP contribution < -0.4 is 10.2 Å². The van der Waals surface area contributed by atoms with E-state index in [0.29, 0.717) is 5.92 Å². The first-order valence-electron chi connectivity index (χ1n) is 6.84. The molecule has 0 unspecified atom stereocenters. The molecule has 0 aliphatic rings. The van der Waals surface area contributed by atoms with Crippen molar-refractivity contribution in [1.29, 1.82) is 0 Å². The topological polar surface area (TPSA) is 44.3 Å². The Bertz CT molecular complexity index is 389. The highest BCUT2D eigenvalue weighted by Crippen LogP contribution is 2.22. The van der Waals surface area contributed by atoms with Gasteiger partial charge in [0.15, 0.2) is 0 Å². The molecular formula is C14H27N5. The largest absolute Gasteiger partial charge is 0.373 e. The van der Waals surface area contributed by atoms with E-state index < -0.39 is 0 Å². The average Bonchev–Trinajstić information content (AvgIpc) is 2.34. The van der Waals surface area contributed by atoms with Crippen molar-refractivity contribution in [2.45, 2.75) is 20.8 Å². The van der Waals surface area contributed by atoms with Crippen molar-refractivity contribution in [1.82, 2.24) is 14.9 Å². The van der Waals surface area contributed by atoms with Gasteiger partial charge in [0.2, 0.25) is 0 Å². The Labute approximate surface area is 117 Å². The second-order valence-electron chi connectivity index (χ2n) is 5.56. The quantitative estimate of drug-likeness (QED) is 0.815. The van der Waals surface area contributed by atoms with Crippen molar-refractivity contribution in [2.24, 2.45) is 5.92 Å². The number of nitrogens with one attached hydrogen (secondary N) is 1. The Hall–Kier alpha value is -1.36. The van der Waals surface area contributed by atoms with Gasteiger partial charge < -0.3 is 15.1 Å². The summed E-state index contributed by atoms with van der Waals surface area (Å²) in [5.74, 6) is 2.55. The number of hydrogen-bond donors (Lipinski definition) is 1. The fraction of sp³-hybridized carbons (Fsp3) is 0.714.